The molecule has 1 heterocycles. The maximum atomic E-state index is 5.90. The lowest BCUT2D eigenvalue weighted by Gasteiger charge is -2.18. The van der Waals surface area contributed by atoms with Crippen molar-refractivity contribution in [3.63, 3.8) is 0 Å². The van der Waals surface area contributed by atoms with Gasteiger partial charge < -0.3 is 15.8 Å². The van der Waals surface area contributed by atoms with Gasteiger partial charge in [-0.25, -0.2) is 0 Å². The van der Waals surface area contributed by atoms with Crippen molar-refractivity contribution < 1.29 is 4.74 Å². The standard InChI is InChI=1S/C15H20N2OS/c1-3-11-8-9-15(19-11)13(10-16)17-12-6-4-5-7-14(12)18-2/h4-9,13,17H,3,10,16H2,1-2H3. The summed E-state index contributed by atoms with van der Waals surface area (Å²) in [5.74, 6) is 0.841. The van der Waals surface area contributed by atoms with Gasteiger partial charge in [-0.3, -0.25) is 0 Å². The number of nitrogens with one attached hydrogen (secondary N) is 1. The molecule has 0 fully saturated rings. The van der Waals surface area contributed by atoms with Crippen LogP contribution < -0.4 is 15.8 Å². The lowest BCUT2D eigenvalue weighted by Crippen LogP contribution is -2.19. The van der Waals surface area contributed by atoms with Gasteiger partial charge in [0.2, 0.25) is 0 Å². The number of ether oxygens (including phenoxy) is 1. The third-order valence-electron chi connectivity index (χ3n) is 3.05. The SMILES string of the molecule is CCc1ccc(C(CN)Nc2ccccc2OC)s1. The third kappa shape index (κ3) is 3.28. The molecule has 0 aliphatic carbocycles. The first-order chi connectivity index (χ1) is 9.28. The summed E-state index contributed by atoms with van der Waals surface area (Å²) < 4.78 is 5.35. The van der Waals surface area contributed by atoms with Gasteiger partial charge in [0, 0.05) is 16.3 Å². The van der Waals surface area contributed by atoms with Crippen LogP contribution in [0.1, 0.15) is 22.7 Å². The monoisotopic (exact) mass is 276 g/mol. The fourth-order valence-corrected chi connectivity index (χ4v) is 2.99. The lowest BCUT2D eigenvalue weighted by molar-refractivity contribution is 0.416. The fraction of sp³-hybridized carbons (Fsp3) is 0.333. The van der Waals surface area contributed by atoms with Crippen molar-refractivity contribution in [3.8, 4) is 5.75 Å². The van der Waals surface area contributed by atoms with Crippen molar-refractivity contribution in [2.24, 2.45) is 5.73 Å². The van der Waals surface area contributed by atoms with Crippen LogP contribution in [0.4, 0.5) is 5.69 Å². The molecule has 0 amide bonds. The van der Waals surface area contributed by atoms with Gasteiger partial charge in [-0.1, -0.05) is 19.1 Å². The summed E-state index contributed by atoms with van der Waals surface area (Å²) in [6.45, 7) is 2.72. The van der Waals surface area contributed by atoms with Gasteiger partial charge in [0.15, 0.2) is 0 Å². The molecule has 3 N–H and O–H groups in total. The van der Waals surface area contributed by atoms with Crippen molar-refractivity contribution in [1.82, 2.24) is 0 Å². The highest BCUT2D eigenvalue weighted by molar-refractivity contribution is 7.12. The minimum Gasteiger partial charge on any atom is -0.495 e. The van der Waals surface area contributed by atoms with Gasteiger partial charge in [-0.05, 0) is 30.7 Å². The van der Waals surface area contributed by atoms with Crippen LogP contribution in [0.5, 0.6) is 5.75 Å². The van der Waals surface area contributed by atoms with Gasteiger partial charge in [0.05, 0.1) is 18.8 Å². The van der Waals surface area contributed by atoms with E-state index in [1.54, 1.807) is 7.11 Å². The molecule has 2 aromatic rings. The van der Waals surface area contributed by atoms with Gasteiger partial charge in [0.25, 0.3) is 0 Å². The number of benzene rings is 1. The molecular weight excluding hydrogens is 256 g/mol. The Morgan fingerprint density at radius 1 is 1.26 bits per heavy atom. The molecule has 1 aromatic heterocycles. The Hall–Kier alpha value is -1.52. The number of para-hydroxylation sites is 2. The Bertz CT molecular complexity index is 524. The van der Waals surface area contributed by atoms with Crippen molar-refractivity contribution in [1.29, 1.82) is 0 Å². The summed E-state index contributed by atoms with van der Waals surface area (Å²) in [5.41, 5.74) is 6.88. The number of thiophene rings is 1. The van der Waals surface area contributed by atoms with Crippen LogP contribution in [0, 0.1) is 0 Å². The van der Waals surface area contributed by atoms with Gasteiger partial charge in [-0.2, -0.15) is 0 Å². The fourth-order valence-electron chi connectivity index (χ4n) is 1.97. The molecule has 0 aliphatic rings. The normalized spacial score (nSPS) is 12.2. The van der Waals surface area contributed by atoms with Crippen LogP contribution in [-0.2, 0) is 6.42 Å². The first-order valence-corrected chi connectivity index (χ1v) is 7.28. The molecule has 2 rings (SSSR count). The summed E-state index contributed by atoms with van der Waals surface area (Å²) in [5, 5.41) is 3.46. The second-order valence-electron chi connectivity index (χ2n) is 4.29. The van der Waals surface area contributed by atoms with Crippen LogP contribution in [0.25, 0.3) is 0 Å². The molecule has 0 saturated carbocycles. The van der Waals surface area contributed by atoms with E-state index in [2.05, 4.69) is 24.4 Å². The predicted molar refractivity (Wildman–Crippen MR) is 82.1 cm³/mol. The Morgan fingerprint density at radius 2 is 2.05 bits per heavy atom. The van der Waals surface area contributed by atoms with Crippen LogP contribution in [-0.4, -0.2) is 13.7 Å². The summed E-state index contributed by atoms with van der Waals surface area (Å²) >= 11 is 1.81. The van der Waals surface area contributed by atoms with E-state index < -0.39 is 0 Å². The van der Waals surface area contributed by atoms with E-state index in [9.17, 15) is 0 Å². The molecule has 0 aliphatic heterocycles. The molecule has 0 bridgehead atoms. The van der Waals surface area contributed by atoms with E-state index in [0.29, 0.717) is 6.54 Å². The van der Waals surface area contributed by atoms with E-state index >= 15 is 0 Å². The zero-order chi connectivity index (χ0) is 13.7. The van der Waals surface area contributed by atoms with E-state index in [1.807, 2.05) is 35.6 Å². The highest BCUT2D eigenvalue weighted by Gasteiger charge is 2.13. The lowest BCUT2D eigenvalue weighted by atomic mass is 10.2. The average molecular weight is 276 g/mol. The maximum absolute atomic E-state index is 5.90. The number of nitrogens with two attached hydrogens (primary N) is 1. The van der Waals surface area contributed by atoms with Gasteiger partial charge >= 0.3 is 0 Å². The summed E-state index contributed by atoms with van der Waals surface area (Å²) in [4.78, 5) is 2.65. The molecular formula is C15H20N2OS. The number of hydrogen-bond donors (Lipinski definition) is 2. The van der Waals surface area contributed by atoms with E-state index in [1.165, 1.54) is 9.75 Å². The molecule has 1 atom stereocenters. The largest absolute Gasteiger partial charge is 0.495 e. The number of rotatable bonds is 6. The molecule has 19 heavy (non-hydrogen) atoms. The van der Waals surface area contributed by atoms with Crippen molar-refractivity contribution >= 4 is 17.0 Å². The zero-order valence-corrected chi connectivity index (χ0v) is 12.2. The van der Waals surface area contributed by atoms with E-state index in [4.69, 9.17) is 10.5 Å². The van der Waals surface area contributed by atoms with Crippen LogP contribution >= 0.6 is 11.3 Å². The molecule has 102 valence electrons. The molecule has 4 heteroatoms. The molecule has 3 nitrogen and oxygen atoms in total. The number of anilines is 1. The van der Waals surface area contributed by atoms with Crippen LogP contribution in [0.3, 0.4) is 0 Å². The van der Waals surface area contributed by atoms with Crippen molar-refractivity contribution in [2.45, 2.75) is 19.4 Å². The predicted octanol–water partition coefficient (Wildman–Crippen LogP) is 3.43. The zero-order valence-electron chi connectivity index (χ0n) is 11.3. The smallest absolute Gasteiger partial charge is 0.141 e. The third-order valence-corrected chi connectivity index (χ3v) is 4.39. The second kappa shape index (κ2) is 6.59. The molecule has 1 aromatic carbocycles. The minimum absolute atomic E-state index is 0.126. The number of aryl methyl sites for hydroxylation is 1. The second-order valence-corrected chi connectivity index (χ2v) is 5.49. The molecule has 0 saturated heterocycles. The number of hydrogen-bond acceptors (Lipinski definition) is 4. The molecule has 0 spiro atoms. The average Bonchev–Trinajstić information content (AvgIpc) is 2.93. The highest BCUT2D eigenvalue weighted by atomic mass is 32.1. The van der Waals surface area contributed by atoms with Gasteiger partial charge in [0.1, 0.15) is 5.75 Å². The number of methoxy groups -OCH3 is 1. The first-order valence-electron chi connectivity index (χ1n) is 6.46. The first kappa shape index (κ1) is 13.9. The van der Waals surface area contributed by atoms with Crippen LogP contribution in [0.15, 0.2) is 36.4 Å². The summed E-state index contributed by atoms with van der Waals surface area (Å²) in [6, 6.07) is 12.4. The minimum atomic E-state index is 0.126. The quantitative estimate of drug-likeness (QED) is 0.849. The Morgan fingerprint density at radius 3 is 2.68 bits per heavy atom. The Labute approximate surface area is 118 Å². The van der Waals surface area contributed by atoms with E-state index in [0.717, 1.165) is 17.9 Å². The van der Waals surface area contributed by atoms with Crippen molar-refractivity contribution in [2.75, 3.05) is 19.0 Å². The maximum Gasteiger partial charge on any atom is 0.141 e. The van der Waals surface area contributed by atoms with Crippen LogP contribution in [0.2, 0.25) is 0 Å². The summed E-state index contributed by atoms with van der Waals surface area (Å²) in [7, 11) is 1.68. The van der Waals surface area contributed by atoms with E-state index in [-0.39, 0.29) is 6.04 Å². The highest BCUT2D eigenvalue weighted by Crippen LogP contribution is 2.30. The topological polar surface area (TPSA) is 47.3 Å². The molecule has 1 unspecified atom stereocenters. The van der Waals surface area contributed by atoms with Crippen molar-refractivity contribution in [3.05, 3.63) is 46.2 Å². The Kier molecular flexibility index (Phi) is 4.82. The molecule has 0 radical (unpaired) electrons. The summed E-state index contributed by atoms with van der Waals surface area (Å²) in [6.07, 6.45) is 1.07. The Balaban J connectivity index is 2.18. The van der Waals surface area contributed by atoms with Gasteiger partial charge in [-0.15, -0.1) is 11.3 Å².